The van der Waals surface area contributed by atoms with E-state index < -0.39 is 6.10 Å². The Kier molecular flexibility index (Phi) is 3.76. The van der Waals surface area contributed by atoms with E-state index >= 15 is 0 Å². The molecule has 12 heavy (non-hydrogen) atoms. The zero-order valence-electron chi connectivity index (χ0n) is 7.06. The molecule has 0 aliphatic rings. The molecule has 0 spiro atoms. The van der Waals surface area contributed by atoms with E-state index in [9.17, 15) is 5.11 Å². The summed E-state index contributed by atoms with van der Waals surface area (Å²) >= 11 is 0. The van der Waals surface area contributed by atoms with Gasteiger partial charge in [-0.3, -0.25) is 0 Å². The molecule has 0 saturated carbocycles. The van der Waals surface area contributed by atoms with Gasteiger partial charge in [-0.15, -0.1) is 0 Å². The van der Waals surface area contributed by atoms with E-state index in [4.69, 9.17) is 4.74 Å². The van der Waals surface area contributed by atoms with Crippen LogP contribution in [0.25, 0.3) is 0 Å². The molecule has 0 fully saturated rings. The van der Waals surface area contributed by atoms with Gasteiger partial charge in [0.25, 0.3) is 0 Å². The third-order valence-corrected chi connectivity index (χ3v) is 1.61. The lowest BCUT2D eigenvalue weighted by Gasteiger charge is -2.06. The molecule has 0 amide bonds. The van der Waals surface area contributed by atoms with Gasteiger partial charge in [0.15, 0.2) is 0 Å². The number of ether oxygens (including phenoxy) is 1. The molecule has 0 bridgehead atoms. The molecular weight excluding hydrogens is 158 g/mol. The molecular formula is C8H13NO3. The van der Waals surface area contributed by atoms with E-state index in [0.717, 1.165) is 12.0 Å². The first-order valence-electron chi connectivity index (χ1n) is 3.88. The Bertz CT molecular complexity index is 198. The normalized spacial score (nSPS) is 13.2. The molecule has 0 aromatic carbocycles. The van der Waals surface area contributed by atoms with Crippen LogP contribution in [0.15, 0.2) is 17.0 Å². The minimum atomic E-state index is -0.398. The van der Waals surface area contributed by atoms with Crippen molar-refractivity contribution < 1.29 is 14.4 Å². The maximum Gasteiger partial charge on any atom is 0.126 e. The molecule has 1 heterocycles. The number of aromatic nitrogens is 1. The zero-order chi connectivity index (χ0) is 8.81. The van der Waals surface area contributed by atoms with E-state index in [1.54, 1.807) is 19.6 Å². The summed E-state index contributed by atoms with van der Waals surface area (Å²) in [7, 11) is 1.57. The summed E-state index contributed by atoms with van der Waals surface area (Å²) in [5.41, 5.74) is 1.00. The second-order valence-electron chi connectivity index (χ2n) is 2.68. The van der Waals surface area contributed by atoms with Gasteiger partial charge in [-0.2, -0.15) is 0 Å². The van der Waals surface area contributed by atoms with Crippen molar-refractivity contribution in [2.24, 2.45) is 0 Å². The fourth-order valence-electron chi connectivity index (χ4n) is 0.959. The van der Waals surface area contributed by atoms with Crippen molar-refractivity contribution in [3.05, 3.63) is 18.0 Å². The number of aryl methyl sites for hydroxylation is 1. The van der Waals surface area contributed by atoms with Crippen LogP contribution in [0.4, 0.5) is 0 Å². The Morgan fingerprint density at radius 3 is 3.17 bits per heavy atom. The number of aliphatic hydroxyl groups excluding tert-OH is 1. The fraction of sp³-hybridized carbons (Fsp3) is 0.625. The van der Waals surface area contributed by atoms with Gasteiger partial charge in [0, 0.05) is 12.7 Å². The summed E-state index contributed by atoms with van der Waals surface area (Å²) in [5.74, 6) is 0. The Morgan fingerprint density at radius 1 is 1.75 bits per heavy atom. The van der Waals surface area contributed by atoms with Crippen LogP contribution in [0.2, 0.25) is 0 Å². The molecule has 0 aliphatic carbocycles. The number of hydrogen-bond acceptors (Lipinski definition) is 4. The van der Waals surface area contributed by atoms with Crippen LogP contribution < -0.4 is 0 Å². The highest BCUT2D eigenvalue weighted by atomic mass is 16.5. The molecule has 1 atom stereocenters. The highest BCUT2D eigenvalue weighted by Gasteiger charge is 2.04. The Morgan fingerprint density at radius 2 is 2.58 bits per heavy atom. The van der Waals surface area contributed by atoms with Gasteiger partial charge in [-0.25, -0.2) is 0 Å². The Balaban J connectivity index is 2.17. The van der Waals surface area contributed by atoms with Crippen LogP contribution in [0.1, 0.15) is 12.0 Å². The first-order valence-corrected chi connectivity index (χ1v) is 3.88. The zero-order valence-corrected chi connectivity index (χ0v) is 7.06. The van der Waals surface area contributed by atoms with E-state index in [2.05, 4.69) is 9.68 Å². The lowest BCUT2D eigenvalue weighted by atomic mass is 10.1. The van der Waals surface area contributed by atoms with Crippen LogP contribution in [0, 0.1) is 0 Å². The topological polar surface area (TPSA) is 55.5 Å². The van der Waals surface area contributed by atoms with Gasteiger partial charge in [-0.1, -0.05) is 5.16 Å². The molecule has 1 unspecified atom stereocenters. The van der Waals surface area contributed by atoms with Crippen molar-refractivity contribution >= 4 is 0 Å². The summed E-state index contributed by atoms with van der Waals surface area (Å²) < 4.78 is 9.43. The molecule has 0 radical (unpaired) electrons. The van der Waals surface area contributed by atoms with Crippen molar-refractivity contribution in [1.29, 1.82) is 0 Å². The Hall–Kier alpha value is -0.870. The van der Waals surface area contributed by atoms with E-state index in [1.165, 1.54) is 0 Å². The van der Waals surface area contributed by atoms with Gasteiger partial charge in [0.05, 0.1) is 18.9 Å². The molecule has 1 N–H and O–H groups in total. The van der Waals surface area contributed by atoms with Gasteiger partial charge in [0.2, 0.25) is 0 Å². The van der Waals surface area contributed by atoms with Crippen molar-refractivity contribution in [2.45, 2.75) is 18.9 Å². The van der Waals surface area contributed by atoms with Gasteiger partial charge in [-0.05, 0) is 12.8 Å². The SMILES string of the molecule is COCC(O)CCc1cnoc1. The monoisotopic (exact) mass is 171 g/mol. The molecule has 4 nitrogen and oxygen atoms in total. The summed E-state index contributed by atoms with van der Waals surface area (Å²) in [6.07, 6.45) is 4.28. The largest absolute Gasteiger partial charge is 0.391 e. The molecule has 4 heteroatoms. The highest BCUT2D eigenvalue weighted by molar-refractivity contribution is 5.00. The first-order chi connectivity index (χ1) is 5.83. The second-order valence-corrected chi connectivity index (χ2v) is 2.68. The second kappa shape index (κ2) is 4.90. The molecule has 68 valence electrons. The standard InChI is InChI=1S/C8H13NO3/c1-11-6-8(10)3-2-7-4-9-12-5-7/h4-5,8,10H,2-3,6H2,1H3. The van der Waals surface area contributed by atoms with E-state index in [1.807, 2.05) is 0 Å². The maximum absolute atomic E-state index is 9.27. The lowest BCUT2D eigenvalue weighted by molar-refractivity contribution is 0.0595. The quantitative estimate of drug-likeness (QED) is 0.705. The smallest absolute Gasteiger partial charge is 0.126 e. The number of aliphatic hydroxyl groups is 1. The van der Waals surface area contributed by atoms with E-state index in [-0.39, 0.29) is 0 Å². The molecule has 0 aliphatic heterocycles. The van der Waals surface area contributed by atoms with Crippen LogP contribution >= 0.6 is 0 Å². The van der Waals surface area contributed by atoms with Crippen LogP contribution in [0.3, 0.4) is 0 Å². The molecule has 1 rings (SSSR count). The number of rotatable bonds is 5. The van der Waals surface area contributed by atoms with Gasteiger partial charge >= 0.3 is 0 Å². The average Bonchev–Trinajstić information content (AvgIpc) is 2.53. The van der Waals surface area contributed by atoms with Crippen molar-refractivity contribution in [2.75, 3.05) is 13.7 Å². The molecule has 0 saturated heterocycles. The van der Waals surface area contributed by atoms with E-state index in [0.29, 0.717) is 13.0 Å². The van der Waals surface area contributed by atoms with Crippen LogP contribution in [-0.2, 0) is 11.2 Å². The maximum atomic E-state index is 9.27. The summed E-state index contributed by atoms with van der Waals surface area (Å²) in [4.78, 5) is 0. The summed E-state index contributed by atoms with van der Waals surface area (Å²) in [5, 5.41) is 12.8. The summed E-state index contributed by atoms with van der Waals surface area (Å²) in [6, 6.07) is 0. The summed E-state index contributed by atoms with van der Waals surface area (Å²) in [6.45, 7) is 0.380. The number of hydrogen-bond donors (Lipinski definition) is 1. The van der Waals surface area contributed by atoms with Crippen molar-refractivity contribution in [3.63, 3.8) is 0 Å². The van der Waals surface area contributed by atoms with Gasteiger partial charge in [0.1, 0.15) is 6.26 Å². The van der Waals surface area contributed by atoms with Crippen LogP contribution in [-0.4, -0.2) is 30.1 Å². The molecule has 1 aromatic rings. The van der Waals surface area contributed by atoms with Gasteiger partial charge < -0.3 is 14.4 Å². The predicted molar refractivity (Wildman–Crippen MR) is 42.7 cm³/mol. The van der Waals surface area contributed by atoms with Crippen molar-refractivity contribution in [1.82, 2.24) is 5.16 Å². The number of nitrogens with zero attached hydrogens (tertiary/aromatic N) is 1. The van der Waals surface area contributed by atoms with Crippen molar-refractivity contribution in [3.8, 4) is 0 Å². The molecule has 1 aromatic heterocycles. The number of methoxy groups -OCH3 is 1. The average molecular weight is 171 g/mol. The predicted octanol–water partition coefficient (Wildman–Crippen LogP) is 0.615. The highest BCUT2D eigenvalue weighted by Crippen LogP contribution is 2.03. The third kappa shape index (κ3) is 3.02. The Labute approximate surface area is 71.1 Å². The first kappa shape index (κ1) is 9.22. The minimum Gasteiger partial charge on any atom is -0.391 e. The lowest BCUT2D eigenvalue weighted by Crippen LogP contribution is -2.14. The third-order valence-electron chi connectivity index (χ3n) is 1.61. The minimum absolute atomic E-state index is 0.380. The fourth-order valence-corrected chi connectivity index (χ4v) is 0.959. The van der Waals surface area contributed by atoms with Crippen LogP contribution in [0.5, 0.6) is 0 Å².